The summed E-state index contributed by atoms with van der Waals surface area (Å²) >= 11 is 3.40. The Bertz CT molecular complexity index is 1410. The standard InChI is InChI=1S/C29H23BrN2O5/c1-35-24-14-11-21(12-15-24)29(34)37-26-10-6-5-9-22(26)18-31-32-28(33)25-17-23(30)13-16-27(25)36-19-20-7-3-2-4-8-20/h2-18H,19H2,1H3,(H,32,33)/b31-18+. The van der Waals surface area contributed by atoms with E-state index in [1.165, 1.54) is 6.21 Å². The van der Waals surface area contributed by atoms with E-state index >= 15 is 0 Å². The topological polar surface area (TPSA) is 86.2 Å². The minimum Gasteiger partial charge on any atom is -0.497 e. The molecule has 1 amide bonds. The van der Waals surface area contributed by atoms with Crippen LogP contribution in [-0.2, 0) is 6.61 Å². The lowest BCUT2D eigenvalue weighted by molar-refractivity contribution is 0.0734. The normalized spacial score (nSPS) is 10.6. The lowest BCUT2D eigenvalue weighted by Gasteiger charge is -2.11. The van der Waals surface area contributed by atoms with Crippen LogP contribution < -0.4 is 19.6 Å². The lowest BCUT2D eigenvalue weighted by atomic mass is 10.2. The van der Waals surface area contributed by atoms with Crippen molar-refractivity contribution >= 4 is 34.0 Å². The Kier molecular flexibility index (Phi) is 8.67. The molecule has 186 valence electrons. The molecule has 4 rings (SSSR count). The van der Waals surface area contributed by atoms with Crippen molar-refractivity contribution in [2.45, 2.75) is 6.61 Å². The zero-order chi connectivity index (χ0) is 26.0. The van der Waals surface area contributed by atoms with E-state index in [1.807, 2.05) is 30.3 Å². The molecule has 0 aromatic heterocycles. The number of esters is 1. The van der Waals surface area contributed by atoms with Crippen LogP contribution in [0.1, 0.15) is 31.8 Å². The van der Waals surface area contributed by atoms with Gasteiger partial charge in [-0.25, -0.2) is 10.2 Å². The highest BCUT2D eigenvalue weighted by Crippen LogP contribution is 2.24. The molecule has 0 saturated heterocycles. The minimum absolute atomic E-state index is 0.302. The molecule has 0 bridgehead atoms. The number of para-hydroxylation sites is 1. The Hall–Kier alpha value is -4.43. The highest BCUT2D eigenvalue weighted by atomic mass is 79.9. The predicted octanol–water partition coefficient (Wildman–Crippen LogP) is 6.02. The van der Waals surface area contributed by atoms with E-state index in [1.54, 1.807) is 73.8 Å². The molecule has 1 N–H and O–H groups in total. The van der Waals surface area contributed by atoms with Crippen molar-refractivity contribution in [3.8, 4) is 17.2 Å². The summed E-state index contributed by atoms with van der Waals surface area (Å²) in [5.74, 6) is 0.387. The van der Waals surface area contributed by atoms with Crippen molar-refractivity contribution in [3.63, 3.8) is 0 Å². The Morgan fingerprint density at radius 2 is 1.62 bits per heavy atom. The molecule has 0 spiro atoms. The molecule has 7 nitrogen and oxygen atoms in total. The van der Waals surface area contributed by atoms with E-state index in [9.17, 15) is 9.59 Å². The highest BCUT2D eigenvalue weighted by Gasteiger charge is 2.14. The molecule has 4 aromatic carbocycles. The first-order valence-electron chi connectivity index (χ1n) is 11.3. The third kappa shape index (κ3) is 7.05. The van der Waals surface area contributed by atoms with Crippen LogP contribution in [0.3, 0.4) is 0 Å². The van der Waals surface area contributed by atoms with Gasteiger partial charge in [0.25, 0.3) is 5.91 Å². The highest BCUT2D eigenvalue weighted by molar-refractivity contribution is 9.10. The van der Waals surface area contributed by atoms with Crippen LogP contribution in [0.4, 0.5) is 0 Å². The number of methoxy groups -OCH3 is 1. The van der Waals surface area contributed by atoms with Crippen molar-refractivity contribution < 1.29 is 23.8 Å². The van der Waals surface area contributed by atoms with Gasteiger partial charge in [0.05, 0.1) is 24.5 Å². The average molecular weight is 559 g/mol. The number of benzene rings is 4. The number of ether oxygens (including phenoxy) is 3. The Morgan fingerprint density at radius 3 is 2.38 bits per heavy atom. The van der Waals surface area contributed by atoms with Gasteiger partial charge in [0.1, 0.15) is 23.9 Å². The molecule has 0 atom stereocenters. The van der Waals surface area contributed by atoms with Crippen molar-refractivity contribution in [3.05, 3.63) is 124 Å². The van der Waals surface area contributed by atoms with E-state index in [-0.39, 0.29) is 0 Å². The van der Waals surface area contributed by atoms with Crippen molar-refractivity contribution in [2.24, 2.45) is 5.10 Å². The molecular formula is C29H23BrN2O5. The summed E-state index contributed by atoms with van der Waals surface area (Å²) in [4.78, 5) is 25.5. The molecule has 0 unspecified atom stereocenters. The zero-order valence-corrected chi connectivity index (χ0v) is 21.5. The summed E-state index contributed by atoms with van der Waals surface area (Å²) in [6.45, 7) is 0.318. The lowest BCUT2D eigenvalue weighted by Crippen LogP contribution is -2.19. The van der Waals surface area contributed by atoms with Crippen LogP contribution >= 0.6 is 15.9 Å². The summed E-state index contributed by atoms with van der Waals surface area (Å²) in [6.07, 6.45) is 1.41. The average Bonchev–Trinajstić information content (AvgIpc) is 2.93. The molecule has 37 heavy (non-hydrogen) atoms. The van der Waals surface area contributed by atoms with E-state index < -0.39 is 11.9 Å². The second-order valence-electron chi connectivity index (χ2n) is 7.77. The number of nitrogens with zero attached hydrogens (tertiary/aromatic N) is 1. The number of nitrogens with one attached hydrogen (secondary N) is 1. The number of hydrazone groups is 1. The van der Waals surface area contributed by atoms with Crippen molar-refractivity contribution in [1.29, 1.82) is 0 Å². The largest absolute Gasteiger partial charge is 0.497 e. The molecule has 0 aliphatic carbocycles. The molecule has 0 saturated carbocycles. The van der Waals surface area contributed by atoms with E-state index in [4.69, 9.17) is 14.2 Å². The molecule has 8 heteroatoms. The Labute approximate surface area is 222 Å². The summed E-state index contributed by atoms with van der Waals surface area (Å²) in [7, 11) is 1.55. The molecule has 0 radical (unpaired) electrons. The molecule has 0 fully saturated rings. The van der Waals surface area contributed by atoms with Gasteiger partial charge in [0.2, 0.25) is 0 Å². The molecule has 0 aliphatic rings. The van der Waals surface area contributed by atoms with Crippen LogP contribution in [0.25, 0.3) is 0 Å². The number of hydrogen-bond donors (Lipinski definition) is 1. The van der Waals surface area contributed by atoms with Crippen LogP contribution in [0, 0.1) is 0 Å². The zero-order valence-electron chi connectivity index (χ0n) is 19.9. The maximum absolute atomic E-state index is 12.9. The van der Waals surface area contributed by atoms with Crippen LogP contribution in [0.15, 0.2) is 107 Å². The first-order chi connectivity index (χ1) is 18.0. The van der Waals surface area contributed by atoms with E-state index in [0.29, 0.717) is 40.5 Å². The van der Waals surface area contributed by atoms with Crippen molar-refractivity contribution in [1.82, 2.24) is 5.43 Å². The number of carbonyl (C=O) groups is 2. The molecular weight excluding hydrogens is 536 g/mol. The van der Waals surface area contributed by atoms with Gasteiger partial charge >= 0.3 is 5.97 Å². The van der Waals surface area contributed by atoms with Crippen LogP contribution in [0.5, 0.6) is 17.2 Å². The van der Waals surface area contributed by atoms with Gasteiger partial charge in [-0.05, 0) is 60.2 Å². The van der Waals surface area contributed by atoms with Crippen LogP contribution in [0.2, 0.25) is 0 Å². The summed E-state index contributed by atoms with van der Waals surface area (Å²) in [5.41, 5.74) is 4.70. The third-order valence-electron chi connectivity index (χ3n) is 5.24. The number of carbonyl (C=O) groups excluding carboxylic acids is 2. The molecule has 0 heterocycles. The Balaban J connectivity index is 1.43. The summed E-state index contributed by atoms with van der Waals surface area (Å²) in [5, 5.41) is 4.07. The third-order valence-corrected chi connectivity index (χ3v) is 5.73. The van der Waals surface area contributed by atoms with E-state index in [2.05, 4.69) is 26.5 Å². The molecule has 0 aliphatic heterocycles. The summed E-state index contributed by atoms with van der Waals surface area (Å²) < 4.78 is 17.3. The second-order valence-corrected chi connectivity index (χ2v) is 8.69. The monoisotopic (exact) mass is 558 g/mol. The molecule has 4 aromatic rings. The number of amides is 1. The van der Waals surface area contributed by atoms with Gasteiger partial charge in [-0.2, -0.15) is 5.10 Å². The van der Waals surface area contributed by atoms with Gasteiger partial charge in [-0.3, -0.25) is 4.79 Å². The second kappa shape index (κ2) is 12.5. The SMILES string of the molecule is COc1ccc(C(=O)Oc2ccccc2/C=N/NC(=O)c2cc(Br)ccc2OCc2ccccc2)cc1. The van der Waals surface area contributed by atoms with E-state index in [0.717, 1.165) is 10.0 Å². The first-order valence-corrected chi connectivity index (χ1v) is 12.1. The van der Waals surface area contributed by atoms with Crippen LogP contribution in [-0.4, -0.2) is 25.2 Å². The quantitative estimate of drug-likeness (QED) is 0.117. The number of hydrogen-bond acceptors (Lipinski definition) is 6. The Morgan fingerprint density at radius 1 is 0.892 bits per heavy atom. The number of rotatable bonds is 9. The van der Waals surface area contributed by atoms with Crippen molar-refractivity contribution in [2.75, 3.05) is 7.11 Å². The van der Waals surface area contributed by atoms with Gasteiger partial charge in [-0.1, -0.05) is 58.4 Å². The first kappa shape index (κ1) is 25.7. The minimum atomic E-state index is -0.526. The van der Waals surface area contributed by atoms with Gasteiger partial charge < -0.3 is 14.2 Å². The maximum atomic E-state index is 12.9. The van der Waals surface area contributed by atoms with Gasteiger partial charge in [0.15, 0.2) is 0 Å². The smallest absolute Gasteiger partial charge is 0.343 e. The van der Waals surface area contributed by atoms with Gasteiger partial charge in [-0.15, -0.1) is 0 Å². The van der Waals surface area contributed by atoms with Gasteiger partial charge in [0, 0.05) is 10.0 Å². The predicted molar refractivity (Wildman–Crippen MR) is 144 cm³/mol. The fourth-order valence-electron chi connectivity index (χ4n) is 3.33. The number of halogens is 1. The summed E-state index contributed by atoms with van der Waals surface area (Å²) in [6, 6.07) is 28.3. The maximum Gasteiger partial charge on any atom is 0.343 e. The fraction of sp³-hybridized carbons (Fsp3) is 0.0690. The fourth-order valence-corrected chi connectivity index (χ4v) is 3.69.